The third-order valence-corrected chi connectivity index (χ3v) is 12.6. The summed E-state index contributed by atoms with van der Waals surface area (Å²) in [6, 6.07) is 12.5. The van der Waals surface area contributed by atoms with E-state index in [0.717, 1.165) is 122 Å². The van der Waals surface area contributed by atoms with Gasteiger partial charge in [0.25, 0.3) is 11.8 Å². The Kier molecular flexibility index (Phi) is 10.6. The fourth-order valence-corrected chi connectivity index (χ4v) is 9.46. The van der Waals surface area contributed by atoms with Crippen LogP contribution in [0.4, 0.5) is 11.5 Å². The number of piperidine rings is 2. The summed E-state index contributed by atoms with van der Waals surface area (Å²) in [4.78, 5) is 70.7. The summed E-state index contributed by atoms with van der Waals surface area (Å²) in [6.45, 7) is 14.3. The Morgan fingerprint density at radius 2 is 1.59 bits per heavy atom. The summed E-state index contributed by atoms with van der Waals surface area (Å²) in [5.41, 5.74) is 4.14. The number of rotatable bonds is 11. The predicted molar refractivity (Wildman–Crippen MR) is 219 cm³/mol. The van der Waals surface area contributed by atoms with E-state index in [-0.39, 0.29) is 24.9 Å². The number of piperazine rings is 1. The summed E-state index contributed by atoms with van der Waals surface area (Å²) in [5.74, 6) is 1.22. The van der Waals surface area contributed by atoms with E-state index in [1.807, 2.05) is 44.2 Å². The highest BCUT2D eigenvalue weighted by Gasteiger charge is 2.45. The molecule has 2 aromatic heterocycles. The van der Waals surface area contributed by atoms with Gasteiger partial charge in [-0.25, -0.2) is 9.97 Å². The number of aromatic nitrogens is 4. The van der Waals surface area contributed by atoms with Crippen LogP contribution in [0.3, 0.4) is 0 Å². The number of carbonyl (C=O) groups excluding carboxylic acids is 4. The lowest BCUT2D eigenvalue weighted by molar-refractivity contribution is -0.136. The zero-order valence-corrected chi connectivity index (χ0v) is 33.4. The first-order valence-electron chi connectivity index (χ1n) is 20.9. The maximum Gasteiger partial charge on any atom is 0.262 e. The van der Waals surface area contributed by atoms with Gasteiger partial charge in [0.1, 0.15) is 29.6 Å². The second-order valence-corrected chi connectivity index (χ2v) is 16.8. The maximum atomic E-state index is 13.3. The minimum absolute atomic E-state index is 0.0915. The molecule has 15 nitrogen and oxygen atoms in total. The van der Waals surface area contributed by atoms with Crippen molar-refractivity contribution in [3.63, 3.8) is 0 Å². The van der Waals surface area contributed by atoms with Crippen LogP contribution >= 0.6 is 0 Å². The molecule has 4 saturated heterocycles. The number of fused-ring (bicyclic) bond motifs is 2. The number of benzene rings is 2. The second kappa shape index (κ2) is 16.1. The number of likely N-dealkylation sites (tertiary alicyclic amines) is 1. The molecule has 2 atom stereocenters. The molecular weight excluding hydrogens is 737 g/mol. The van der Waals surface area contributed by atoms with E-state index < -0.39 is 23.8 Å². The molecule has 2 N–H and O–H groups in total. The lowest BCUT2D eigenvalue weighted by Gasteiger charge is -2.36. The molecule has 2 unspecified atom stereocenters. The van der Waals surface area contributed by atoms with Gasteiger partial charge in [0.2, 0.25) is 11.8 Å². The minimum atomic E-state index is -0.952. The molecule has 9 rings (SSSR count). The molecule has 2 aromatic carbocycles. The monoisotopic (exact) mass is 788 g/mol. The van der Waals surface area contributed by atoms with E-state index in [2.05, 4.69) is 51.1 Å². The van der Waals surface area contributed by atoms with Crippen molar-refractivity contribution in [2.75, 3.05) is 75.2 Å². The largest absolute Gasteiger partial charge is 0.491 e. The SMILES string of the molecule is CC(C)Oc1ccc2[nH]nc(-c3cc(N4CCN(CCC5CCN(CC6CCN(c7ccc8c(c7)C(=O)N(C7CCC(=O)NC7=O)C8=O)CC6)C5)CC4)ncn3)c2c1. The topological polar surface area (TPSA) is 160 Å². The zero-order valence-electron chi connectivity index (χ0n) is 33.4. The van der Waals surface area contributed by atoms with E-state index >= 15 is 0 Å². The van der Waals surface area contributed by atoms with Crippen molar-refractivity contribution >= 4 is 46.0 Å². The normalized spacial score (nSPS) is 22.4. The fraction of sp³-hybridized carbons (Fsp3) is 0.512. The molecule has 0 saturated carbocycles. The number of nitrogens with one attached hydrogen (secondary N) is 2. The van der Waals surface area contributed by atoms with Gasteiger partial charge in [-0.15, -0.1) is 0 Å². The summed E-state index contributed by atoms with van der Waals surface area (Å²) >= 11 is 0. The number of amides is 4. The average Bonchev–Trinajstić information content (AvgIpc) is 3.93. The first kappa shape index (κ1) is 38.1. The third kappa shape index (κ3) is 7.76. The van der Waals surface area contributed by atoms with Crippen LogP contribution < -0.4 is 19.9 Å². The number of hydrogen-bond acceptors (Lipinski definition) is 12. The van der Waals surface area contributed by atoms with Gasteiger partial charge in [0.05, 0.1) is 28.4 Å². The number of imide groups is 2. The van der Waals surface area contributed by atoms with Crippen molar-refractivity contribution in [1.82, 2.24) is 40.2 Å². The van der Waals surface area contributed by atoms with Crippen LogP contribution in [-0.2, 0) is 9.59 Å². The molecule has 0 spiro atoms. The number of hydrogen-bond donors (Lipinski definition) is 2. The molecule has 15 heteroatoms. The van der Waals surface area contributed by atoms with E-state index in [0.29, 0.717) is 17.0 Å². The molecular formula is C43H52N10O5. The Morgan fingerprint density at radius 1 is 0.793 bits per heavy atom. The van der Waals surface area contributed by atoms with Gasteiger partial charge < -0.3 is 19.4 Å². The Balaban J connectivity index is 0.711. The van der Waals surface area contributed by atoms with Crippen LogP contribution in [0, 0.1) is 11.8 Å². The van der Waals surface area contributed by atoms with E-state index in [9.17, 15) is 19.2 Å². The highest BCUT2D eigenvalue weighted by Crippen LogP contribution is 2.34. The predicted octanol–water partition coefficient (Wildman–Crippen LogP) is 3.96. The average molecular weight is 789 g/mol. The quantitative estimate of drug-likeness (QED) is 0.211. The molecule has 5 aliphatic rings. The second-order valence-electron chi connectivity index (χ2n) is 16.8. The van der Waals surface area contributed by atoms with Gasteiger partial charge >= 0.3 is 0 Å². The van der Waals surface area contributed by atoms with Crippen LogP contribution in [0.25, 0.3) is 22.3 Å². The number of aromatic amines is 1. The van der Waals surface area contributed by atoms with Gasteiger partial charge in [-0.3, -0.25) is 39.4 Å². The van der Waals surface area contributed by atoms with Crippen LogP contribution in [0.15, 0.2) is 48.8 Å². The summed E-state index contributed by atoms with van der Waals surface area (Å²) < 4.78 is 5.93. The molecule has 7 heterocycles. The van der Waals surface area contributed by atoms with Crippen molar-refractivity contribution in [3.05, 3.63) is 59.9 Å². The molecule has 0 aliphatic carbocycles. The molecule has 5 aliphatic heterocycles. The van der Waals surface area contributed by atoms with Crippen LogP contribution in [0.5, 0.6) is 5.75 Å². The van der Waals surface area contributed by atoms with Crippen molar-refractivity contribution < 1.29 is 23.9 Å². The molecule has 58 heavy (non-hydrogen) atoms. The van der Waals surface area contributed by atoms with E-state index in [4.69, 9.17) is 4.74 Å². The number of carbonyl (C=O) groups is 4. The van der Waals surface area contributed by atoms with Gasteiger partial charge in [-0.1, -0.05) is 0 Å². The number of anilines is 2. The van der Waals surface area contributed by atoms with E-state index in [1.165, 1.54) is 19.4 Å². The standard InChI is InChI=1S/C43H52N10O5/c1-27(2)58-31-4-6-35-34(22-31)40(48-47-35)36-23-38(45-26-44-36)52-19-17-49(18-20-52)13-9-28-10-14-50(24-28)25-29-11-15-51(16-12-29)30-3-5-32-33(21-30)43(57)53(42(32)56)37-7-8-39(54)46-41(37)55/h3-6,21-23,26-29,37H,7-20,24-25H2,1-2H3,(H,47,48)(H,46,54,55). The van der Waals surface area contributed by atoms with Crippen LogP contribution in [-0.4, -0.2) is 136 Å². The molecule has 0 radical (unpaired) electrons. The summed E-state index contributed by atoms with van der Waals surface area (Å²) in [6.07, 6.45) is 6.64. The molecule has 4 amide bonds. The lowest BCUT2D eigenvalue weighted by Crippen LogP contribution is -2.54. The smallest absolute Gasteiger partial charge is 0.262 e. The van der Waals surface area contributed by atoms with Crippen LogP contribution in [0.1, 0.15) is 73.1 Å². The van der Waals surface area contributed by atoms with Crippen molar-refractivity contribution in [3.8, 4) is 17.1 Å². The van der Waals surface area contributed by atoms with Crippen molar-refractivity contribution in [2.45, 2.75) is 64.5 Å². The first-order chi connectivity index (χ1) is 28.2. The molecule has 4 fully saturated rings. The summed E-state index contributed by atoms with van der Waals surface area (Å²) in [7, 11) is 0. The van der Waals surface area contributed by atoms with Crippen molar-refractivity contribution in [1.29, 1.82) is 0 Å². The fourth-order valence-electron chi connectivity index (χ4n) is 9.46. The van der Waals surface area contributed by atoms with Gasteiger partial charge in [0, 0.05) is 75.9 Å². The molecule has 4 aromatic rings. The van der Waals surface area contributed by atoms with Gasteiger partial charge in [-0.05, 0) is 107 Å². The lowest BCUT2D eigenvalue weighted by atomic mass is 9.95. The number of H-pyrrole nitrogens is 1. The summed E-state index contributed by atoms with van der Waals surface area (Å²) in [5, 5.41) is 11.0. The first-order valence-corrected chi connectivity index (χ1v) is 20.9. The van der Waals surface area contributed by atoms with Crippen LogP contribution in [0.2, 0.25) is 0 Å². The number of ether oxygens (including phenoxy) is 1. The zero-order chi connectivity index (χ0) is 39.9. The van der Waals surface area contributed by atoms with Gasteiger partial charge in [0.15, 0.2) is 0 Å². The third-order valence-electron chi connectivity index (χ3n) is 12.6. The highest BCUT2D eigenvalue weighted by molar-refractivity contribution is 6.23. The van der Waals surface area contributed by atoms with Crippen molar-refractivity contribution in [2.24, 2.45) is 11.8 Å². The Labute approximate surface area is 338 Å². The molecule has 304 valence electrons. The molecule has 0 bridgehead atoms. The van der Waals surface area contributed by atoms with Gasteiger partial charge in [-0.2, -0.15) is 5.10 Å². The Hall–Kier alpha value is -5.41. The Morgan fingerprint density at radius 3 is 2.38 bits per heavy atom. The highest BCUT2D eigenvalue weighted by atomic mass is 16.5. The Bertz CT molecular complexity index is 2210. The van der Waals surface area contributed by atoms with E-state index in [1.54, 1.807) is 12.4 Å². The number of nitrogens with zero attached hydrogens (tertiary/aromatic N) is 8. The minimum Gasteiger partial charge on any atom is -0.491 e. The maximum absolute atomic E-state index is 13.3.